The Morgan fingerprint density at radius 2 is 1.79 bits per heavy atom. The lowest BCUT2D eigenvalue weighted by Crippen LogP contribution is -2.30. The molecule has 0 heterocycles. The van der Waals surface area contributed by atoms with E-state index in [0.717, 1.165) is 0 Å². The standard InChI is InChI=1S/C20H19ClFNO5/c1-12(20(26)23-16-11-14(21)5-9-18(16)27-2)28-19(25)10-8-17(24)13-3-6-15(22)7-4-13/h3-7,9,11-12H,8,10H2,1-2H3,(H,23,26)/t12-/m0/s1. The molecule has 0 saturated carbocycles. The predicted octanol–water partition coefficient (Wildman–Crippen LogP) is 4.02. The van der Waals surface area contributed by atoms with Crippen LogP contribution in [0.15, 0.2) is 42.5 Å². The number of nitrogens with one attached hydrogen (secondary N) is 1. The SMILES string of the molecule is COc1ccc(Cl)cc1NC(=O)[C@H](C)OC(=O)CCC(=O)c1ccc(F)cc1. The average Bonchev–Trinajstić information content (AvgIpc) is 2.66. The van der Waals surface area contributed by atoms with Crippen molar-refractivity contribution in [1.29, 1.82) is 0 Å². The second-order valence-corrected chi connectivity index (χ2v) is 6.33. The van der Waals surface area contributed by atoms with Crippen LogP contribution >= 0.6 is 11.6 Å². The van der Waals surface area contributed by atoms with E-state index in [1.165, 1.54) is 44.4 Å². The van der Waals surface area contributed by atoms with Gasteiger partial charge in [0.25, 0.3) is 5.91 Å². The van der Waals surface area contributed by atoms with E-state index in [1.54, 1.807) is 12.1 Å². The molecule has 8 heteroatoms. The third-order valence-corrected chi connectivity index (χ3v) is 4.05. The number of ether oxygens (including phenoxy) is 2. The Morgan fingerprint density at radius 1 is 1.11 bits per heavy atom. The fraction of sp³-hybridized carbons (Fsp3) is 0.250. The summed E-state index contributed by atoms with van der Waals surface area (Å²) in [6.45, 7) is 1.41. The van der Waals surface area contributed by atoms with E-state index in [0.29, 0.717) is 22.0 Å². The van der Waals surface area contributed by atoms with Gasteiger partial charge in [0.1, 0.15) is 11.6 Å². The first-order valence-electron chi connectivity index (χ1n) is 8.43. The number of Topliss-reactive ketones (excluding diaryl/α,β-unsaturated/α-hetero) is 1. The number of ketones is 1. The molecule has 1 N–H and O–H groups in total. The van der Waals surface area contributed by atoms with Crippen molar-refractivity contribution in [1.82, 2.24) is 0 Å². The third kappa shape index (κ3) is 6.06. The van der Waals surface area contributed by atoms with E-state index < -0.39 is 23.8 Å². The summed E-state index contributed by atoms with van der Waals surface area (Å²) in [5, 5.41) is 2.98. The van der Waals surface area contributed by atoms with Gasteiger partial charge in [-0.15, -0.1) is 0 Å². The number of rotatable bonds is 8. The minimum absolute atomic E-state index is 0.110. The summed E-state index contributed by atoms with van der Waals surface area (Å²) < 4.78 is 23.1. The van der Waals surface area contributed by atoms with Gasteiger partial charge in [-0.1, -0.05) is 11.6 Å². The molecule has 0 aliphatic carbocycles. The highest BCUT2D eigenvalue weighted by molar-refractivity contribution is 6.31. The third-order valence-electron chi connectivity index (χ3n) is 3.82. The normalized spacial score (nSPS) is 11.4. The number of hydrogen-bond donors (Lipinski definition) is 1. The van der Waals surface area contributed by atoms with Gasteiger partial charge >= 0.3 is 5.97 Å². The zero-order chi connectivity index (χ0) is 20.7. The molecule has 0 spiro atoms. The summed E-state index contributed by atoms with van der Waals surface area (Å²) in [4.78, 5) is 36.1. The fourth-order valence-electron chi connectivity index (χ4n) is 2.32. The number of benzene rings is 2. The molecule has 0 fully saturated rings. The van der Waals surface area contributed by atoms with E-state index in [9.17, 15) is 18.8 Å². The first-order chi connectivity index (χ1) is 13.3. The first-order valence-corrected chi connectivity index (χ1v) is 8.80. The summed E-state index contributed by atoms with van der Waals surface area (Å²) in [6, 6.07) is 9.74. The van der Waals surface area contributed by atoms with Crippen molar-refractivity contribution >= 4 is 34.9 Å². The maximum Gasteiger partial charge on any atom is 0.307 e. The monoisotopic (exact) mass is 407 g/mol. The van der Waals surface area contributed by atoms with Gasteiger partial charge in [0, 0.05) is 17.0 Å². The molecule has 2 aromatic rings. The lowest BCUT2D eigenvalue weighted by atomic mass is 10.1. The highest BCUT2D eigenvalue weighted by atomic mass is 35.5. The summed E-state index contributed by atoms with van der Waals surface area (Å²) in [7, 11) is 1.44. The molecule has 0 aromatic heterocycles. The largest absolute Gasteiger partial charge is 0.495 e. The Balaban J connectivity index is 1.86. The van der Waals surface area contributed by atoms with Crippen LogP contribution in [0, 0.1) is 5.82 Å². The number of carbonyl (C=O) groups excluding carboxylic acids is 3. The van der Waals surface area contributed by atoms with Crippen molar-refractivity contribution in [3.05, 3.63) is 58.9 Å². The van der Waals surface area contributed by atoms with Crippen LogP contribution in [-0.2, 0) is 14.3 Å². The Kier molecular flexibility index (Phi) is 7.52. The van der Waals surface area contributed by atoms with Crippen LogP contribution < -0.4 is 10.1 Å². The summed E-state index contributed by atoms with van der Waals surface area (Å²) in [5.41, 5.74) is 0.641. The van der Waals surface area contributed by atoms with Gasteiger partial charge in [0.05, 0.1) is 19.2 Å². The minimum Gasteiger partial charge on any atom is -0.495 e. The first kappa shape index (κ1) is 21.4. The Morgan fingerprint density at radius 3 is 2.43 bits per heavy atom. The van der Waals surface area contributed by atoms with Gasteiger partial charge in [-0.2, -0.15) is 0 Å². The number of hydrogen-bond acceptors (Lipinski definition) is 5. The Bertz CT molecular complexity index is 869. The number of amides is 1. The Hall–Kier alpha value is -2.93. The smallest absolute Gasteiger partial charge is 0.307 e. The van der Waals surface area contributed by atoms with Gasteiger partial charge in [-0.25, -0.2) is 4.39 Å². The predicted molar refractivity (Wildman–Crippen MR) is 102 cm³/mol. The number of esters is 1. The number of carbonyl (C=O) groups is 3. The summed E-state index contributed by atoms with van der Waals surface area (Å²) >= 11 is 5.91. The molecule has 2 aromatic carbocycles. The second-order valence-electron chi connectivity index (χ2n) is 5.90. The van der Waals surface area contributed by atoms with Gasteiger partial charge in [-0.05, 0) is 49.4 Å². The number of methoxy groups -OCH3 is 1. The molecule has 0 unspecified atom stereocenters. The molecular formula is C20H19ClFNO5. The van der Waals surface area contributed by atoms with Gasteiger partial charge < -0.3 is 14.8 Å². The quantitative estimate of drug-likeness (QED) is 0.528. The molecule has 1 atom stereocenters. The highest BCUT2D eigenvalue weighted by Gasteiger charge is 2.20. The Labute approximate surface area is 166 Å². The lowest BCUT2D eigenvalue weighted by molar-refractivity contribution is -0.153. The van der Waals surface area contributed by atoms with Crippen molar-refractivity contribution in [3.63, 3.8) is 0 Å². The van der Waals surface area contributed by atoms with Crippen molar-refractivity contribution < 1.29 is 28.2 Å². The van der Waals surface area contributed by atoms with Crippen molar-refractivity contribution in [3.8, 4) is 5.75 Å². The summed E-state index contributed by atoms with van der Waals surface area (Å²) in [5.74, 6) is -1.64. The zero-order valence-corrected chi connectivity index (χ0v) is 16.1. The maximum atomic E-state index is 12.9. The van der Waals surface area contributed by atoms with Crippen LogP contribution in [-0.4, -0.2) is 30.9 Å². The highest BCUT2D eigenvalue weighted by Crippen LogP contribution is 2.27. The number of anilines is 1. The van der Waals surface area contributed by atoms with Gasteiger partial charge in [0.15, 0.2) is 11.9 Å². The lowest BCUT2D eigenvalue weighted by Gasteiger charge is -2.15. The molecular weight excluding hydrogens is 389 g/mol. The second kappa shape index (κ2) is 9.85. The molecule has 0 bridgehead atoms. The maximum absolute atomic E-state index is 12.9. The van der Waals surface area contributed by atoms with Gasteiger partial charge in [-0.3, -0.25) is 14.4 Å². The summed E-state index contributed by atoms with van der Waals surface area (Å²) in [6.07, 6.45) is -1.40. The van der Waals surface area contributed by atoms with Gasteiger partial charge in [0.2, 0.25) is 0 Å². The average molecular weight is 408 g/mol. The molecule has 0 aliphatic heterocycles. The minimum atomic E-state index is -1.09. The van der Waals surface area contributed by atoms with E-state index in [4.69, 9.17) is 21.1 Å². The van der Waals surface area contributed by atoms with Crippen molar-refractivity contribution in [2.75, 3.05) is 12.4 Å². The molecule has 28 heavy (non-hydrogen) atoms. The van der Waals surface area contributed by atoms with E-state index in [2.05, 4.69) is 5.32 Å². The molecule has 2 rings (SSSR count). The van der Waals surface area contributed by atoms with Crippen LogP contribution in [0.2, 0.25) is 5.02 Å². The van der Waals surface area contributed by atoms with Crippen LogP contribution in [0.3, 0.4) is 0 Å². The molecule has 0 radical (unpaired) electrons. The van der Waals surface area contributed by atoms with Crippen molar-refractivity contribution in [2.45, 2.75) is 25.9 Å². The fourth-order valence-corrected chi connectivity index (χ4v) is 2.49. The molecule has 0 aliphatic rings. The van der Waals surface area contributed by atoms with Crippen LogP contribution in [0.25, 0.3) is 0 Å². The van der Waals surface area contributed by atoms with E-state index >= 15 is 0 Å². The van der Waals surface area contributed by atoms with Crippen LogP contribution in [0.4, 0.5) is 10.1 Å². The molecule has 148 valence electrons. The number of halogens is 2. The van der Waals surface area contributed by atoms with Crippen molar-refractivity contribution in [2.24, 2.45) is 0 Å². The van der Waals surface area contributed by atoms with E-state index in [-0.39, 0.29) is 18.6 Å². The molecule has 1 amide bonds. The molecule has 0 saturated heterocycles. The van der Waals surface area contributed by atoms with Crippen LogP contribution in [0.5, 0.6) is 5.75 Å². The zero-order valence-electron chi connectivity index (χ0n) is 15.3. The molecule has 6 nitrogen and oxygen atoms in total. The topological polar surface area (TPSA) is 81.7 Å². The van der Waals surface area contributed by atoms with Crippen LogP contribution in [0.1, 0.15) is 30.1 Å². The van der Waals surface area contributed by atoms with E-state index in [1.807, 2.05) is 0 Å².